The number of hydrogen-bond acceptors (Lipinski definition) is 0. The highest BCUT2D eigenvalue weighted by Crippen LogP contribution is 2.47. The van der Waals surface area contributed by atoms with Gasteiger partial charge in [0.05, 0.1) is 24.2 Å². The first-order valence-electron chi connectivity index (χ1n) is 17.6. The van der Waals surface area contributed by atoms with Gasteiger partial charge < -0.3 is 0 Å². The van der Waals surface area contributed by atoms with E-state index in [2.05, 4.69) is 165 Å². The molecule has 0 spiro atoms. The summed E-state index contributed by atoms with van der Waals surface area (Å²) in [5, 5.41) is 9.72. The first-order valence-corrected chi connectivity index (χ1v) is 30.2. The molecule has 0 aromatic heterocycles. The Balaban J connectivity index is 2.38. The van der Waals surface area contributed by atoms with Crippen LogP contribution in [-0.4, -0.2) is 32.3 Å². The first-order chi connectivity index (χ1) is 20.9. The van der Waals surface area contributed by atoms with Gasteiger partial charge in [-0.1, -0.05) is 155 Å². The smallest absolute Gasteiger partial charge is 0.0656 e. The number of allylic oxidation sites excluding steroid dienone is 4. The Morgan fingerprint density at radius 2 is 0.522 bits per heavy atom. The maximum atomic E-state index is 2.70. The van der Waals surface area contributed by atoms with Crippen LogP contribution in [0, 0.1) is 41.5 Å². The highest BCUT2D eigenvalue weighted by Gasteiger charge is 2.53. The molecule has 0 unspecified atom stereocenters. The third-order valence-electron chi connectivity index (χ3n) is 11.5. The summed E-state index contributed by atoms with van der Waals surface area (Å²) >= 11 is 0. The summed E-state index contributed by atoms with van der Waals surface area (Å²) in [6.07, 6.45) is 0. The first kappa shape index (κ1) is 36.8. The summed E-state index contributed by atoms with van der Waals surface area (Å²) in [6.45, 7) is 46.9. The topological polar surface area (TPSA) is 0 Å². The van der Waals surface area contributed by atoms with Crippen molar-refractivity contribution >= 4 is 63.4 Å². The van der Waals surface area contributed by atoms with Crippen LogP contribution in [0.5, 0.6) is 0 Å². The molecule has 0 aliphatic heterocycles. The van der Waals surface area contributed by atoms with Crippen molar-refractivity contribution in [1.29, 1.82) is 0 Å². The van der Waals surface area contributed by atoms with Crippen LogP contribution >= 0.6 is 0 Å². The van der Waals surface area contributed by atoms with Gasteiger partial charge in [0, 0.05) is 5.54 Å². The lowest BCUT2D eigenvalue weighted by Crippen LogP contribution is -2.73. The third-order valence-corrected chi connectivity index (χ3v) is 23.8. The molecule has 0 bridgehead atoms. The fourth-order valence-electron chi connectivity index (χ4n) is 9.05. The van der Waals surface area contributed by atoms with Gasteiger partial charge >= 0.3 is 0 Å². The van der Waals surface area contributed by atoms with E-state index in [0.717, 1.165) is 0 Å². The van der Waals surface area contributed by atoms with Gasteiger partial charge in [-0.25, -0.2) is 0 Å². The van der Waals surface area contributed by atoms with Gasteiger partial charge in [0.1, 0.15) is 0 Å². The molecule has 4 heteroatoms. The summed E-state index contributed by atoms with van der Waals surface area (Å²) in [5.41, 5.74) is 15.5. The highest BCUT2D eigenvalue weighted by molar-refractivity contribution is 7.14. The van der Waals surface area contributed by atoms with Gasteiger partial charge in [-0.05, 0) is 95.9 Å². The van der Waals surface area contributed by atoms with E-state index in [1.54, 1.807) is 42.3 Å². The molecule has 46 heavy (non-hydrogen) atoms. The Labute approximate surface area is 287 Å². The summed E-state index contributed by atoms with van der Waals surface area (Å²) in [7, 11) is -7.31. The second-order valence-corrected chi connectivity index (χ2v) is 37.0. The molecule has 0 fully saturated rings. The van der Waals surface area contributed by atoms with Gasteiger partial charge in [-0.3, -0.25) is 0 Å². The molecule has 0 amide bonds. The van der Waals surface area contributed by atoms with Crippen LogP contribution in [0.15, 0.2) is 58.7 Å². The van der Waals surface area contributed by atoms with Crippen LogP contribution in [0.3, 0.4) is 0 Å². The molecule has 0 saturated carbocycles. The Bertz CT molecular complexity index is 1590. The van der Waals surface area contributed by atoms with Crippen molar-refractivity contribution in [1.82, 2.24) is 0 Å². The van der Waals surface area contributed by atoms with E-state index in [-0.39, 0.29) is 0 Å². The van der Waals surface area contributed by atoms with Crippen molar-refractivity contribution in [2.45, 2.75) is 134 Å². The van der Waals surface area contributed by atoms with Crippen LogP contribution in [0.4, 0.5) is 0 Å². The van der Waals surface area contributed by atoms with Crippen molar-refractivity contribution < 1.29 is 0 Å². The number of rotatable bonds is 7. The summed E-state index contributed by atoms with van der Waals surface area (Å²) < 4.78 is 0. The predicted molar refractivity (Wildman–Crippen MR) is 222 cm³/mol. The maximum absolute atomic E-state index is 2.74. The summed E-state index contributed by atoms with van der Waals surface area (Å²) in [5.74, 6) is 0. The second-order valence-electron chi connectivity index (χ2n) is 18.1. The fraction of sp³-hybridized carbons (Fsp3) is 0.476. The Morgan fingerprint density at radius 3 is 0.739 bits per heavy atom. The van der Waals surface area contributed by atoms with Crippen LogP contribution in [0.1, 0.15) is 61.1 Å². The van der Waals surface area contributed by atoms with Gasteiger partial charge in [-0.15, -0.1) is 0 Å². The van der Waals surface area contributed by atoms with Gasteiger partial charge in [-0.2, -0.15) is 0 Å². The molecular weight excluding hydrogens is 617 g/mol. The zero-order valence-corrected chi connectivity index (χ0v) is 37.0. The van der Waals surface area contributed by atoms with Crippen molar-refractivity contribution in [3.63, 3.8) is 0 Å². The minimum absolute atomic E-state index is 0.384. The molecule has 0 saturated heterocycles. The van der Waals surface area contributed by atoms with Crippen LogP contribution in [0.25, 0.3) is 0 Å². The monoisotopic (exact) mass is 680 g/mol. The lowest BCUT2D eigenvalue weighted by Gasteiger charge is -2.45. The lowest BCUT2D eigenvalue weighted by atomic mass is 10.1. The van der Waals surface area contributed by atoms with Crippen LogP contribution < -0.4 is 31.1 Å². The van der Waals surface area contributed by atoms with Gasteiger partial charge in [0.2, 0.25) is 0 Å². The Kier molecular flexibility index (Phi) is 9.74. The minimum atomic E-state index is -2.74. The Hall–Kier alpha value is -1.99. The van der Waals surface area contributed by atoms with Crippen molar-refractivity contribution in [3.8, 4) is 0 Å². The van der Waals surface area contributed by atoms with Crippen molar-refractivity contribution in [2.24, 2.45) is 0 Å². The molecule has 1 aliphatic rings. The molecule has 0 heterocycles. The van der Waals surface area contributed by atoms with Crippen LogP contribution in [-0.2, 0) is 0 Å². The summed E-state index contributed by atoms with van der Waals surface area (Å²) in [6, 6.07) is 16.0. The molecule has 0 nitrogen and oxygen atoms in total. The van der Waals surface area contributed by atoms with Crippen molar-refractivity contribution in [3.05, 3.63) is 92.1 Å². The average molecular weight is 681 g/mol. The van der Waals surface area contributed by atoms with E-state index >= 15 is 0 Å². The van der Waals surface area contributed by atoms with E-state index in [1.165, 1.54) is 44.5 Å². The van der Waals surface area contributed by atoms with Gasteiger partial charge in [0.25, 0.3) is 0 Å². The fourth-order valence-corrected chi connectivity index (χ4v) is 21.7. The van der Waals surface area contributed by atoms with E-state index in [9.17, 15) is 0 Å². The maximum Gasteiger partial charge on any atom is 0.160 e. The lowest BCUT2D eigenvalue weighted by molar-refractivity contribution is 1.09. The standard InChI is InChI=1S/C42H64Si4/c1-26-23-39(29(4)20-36(26)43(11,12)13)46(42-34(9)32(7)33(8)35(42)10,40-24-27(2)37(21-30(40)5)44(14,15)16)41-25-28(3)38(22-31(41)6)45(17,18)19/h20-25,42H,1-19H3. The Morgan fingerprint density at radius 1 is 0.326 bits per heavy atom. The molecule has 248 valence electrons. The normalized spacial score (nSPS) is 15.5. The van der Waals surface area contributed by atoms with E-state index in [4.69, 9.17) is 0 Å². The number of hydrogen-bond donors (Lipinski definition) is 0. The second kappa shape index (κ2) is 12.2. The number of aryl methyl sites for hydroxylation is 6. The predicted octanol–water partition coefficient (Wildman–Crippen LogP) is 8.70. The molecule has 3 aromatic carbocycles. The van der Waals surface area contributed by atoms with Gasteiger partial charge in [0.15, 0.2) is 8.07 Å². The third kappa shape index (κ3) is 6.06. The molecule has 4 rings (SSSR count). The van der Waals surface area contributed by atoms with E-state index < -0.39 is 32.3 Å². The summed E-state index contributed by atoms with van der Waals surface area (Å²) in [4.78, 5) is 0. The zero-order chi connectivity index (χ0) is 35.1. The SMILES string of the molecule is CC1=C(C)C([Si](c2cc(C)c([Si](C)(C)C)cc2C)(c2cc(C)c([Si](C)(C)C)cc2C)c2cc(C)c([Si](C)(C)C)cc2C)C(C)=C1C. The van der Waals surface area contributed by atoms with Crippen molar-refractivity contribution in [2.75, 3.05) is 0 Å². The average Bonchev–Trinajstić information content (AvgIpc) is 3.10. The minimum Gasteiger partial charge on any atom is -0.0656 e. The van der Waals surface area contributed by atoms with Crippen LogP contribution in [0.2, 0.25) is 64.5 Å². The molecule has 0 atom stereocenters. The molecule has 0 N–H and O–H groups in total. The van der Waals surface area contributed by atoms with E-state index in [0.29, 0.717) is 5.54 Å². The zero-order valence-electron chi connectivity index (χ0n) is 33.0. The molecular formula is C42H64Si4. The highest BCUT2D eigenvalue weighted by atomic mass is 28.3. The number of benzene rings is 3. The largest absolute Gasteiger partial charge is 0.160 e. The van der Waals surface area contributed by atoms with E-state index in [1.807, 2.05) is 0 Å². The molecule has 1 aliphatic carbocycles. The quantitative estimate of drug-likeness (QED) is 0.173. The molecule has 0 radical (unpaired) electrons. The molecule has 3 aromatic rings.